The van der Waals surface area contributed by atoms with Crippen LogP contribution in [0.15, 0.2) is 29.6 Å². The van der Waals surface area contributed by atoms with Crippen molar-refractivity contribution in [3.8, 4) is 10.6 Å². The van der Waals surface area contributed by atoms with Crippen molar-refractivity contribution in [3.05, 3.63) is 40.9 Å². The lowest BCUT2D eigenvalue weighted by atomic mass is 10.1. The van der Waals surface area contributed by atoms with Crippen molar-refractivity contribution in [2.75, 3.05) is 0 Å². The molecule has 2 aromatic rings. The molecule has 0 saturated carbocycles. The highest BCUT2D eigenvalue weighted by Gasteiger charge is 2.30. The van der Waals surface area contributed by atoms with E-state index in [2.05, 4.69) is 9.72 Å². The van der Waals surface area contributed by atoms with Gasteiger partial charge in [0.25, 0.3) is 0 Å². The summed E-state index contributed by atoms with van der Waals surface area (Å²) in [6.07, 6.45) is -4.38. The molecule has 0 amide bonds. The van der Waals surface area contributed by atoms with Gasteiger partial charge in [-0.25, -0.2) is 9.78 Å². The number of nitrogens with zero attached hydrogens (tertiary/aromatic N) is 1. The third-order valence-corrected chi connectivity index (χ3v) is 3.21. The zero-order valence-corrected chi connectivity index (χ0v) is 10.2. The van der Waals surface area contributed by atoms with E-state index in [1.807, 2.05) is 0 Å². The van der Waals surface area contributed by atoms with E-state index in [0.717, 1.165) is 12.1 Å². The summed E-state index contributed by atoms with van der Waals surface area (Å²) in [5, 5.41) is 2.06. The molecule has 1 radical (unpaired) electrons. The minimum Gasteiger partial charge on any atom is -0.451 e. The van der Waals surface area contributed by atoms with Crippen molar-refractivity contribution in [2.24, 2.45) is 0 Å². The topological polar surface area (TPSA) is 39.2 Å². The highest BCUT2D eigenvalue weighted by Crippen LogP contribution is 2.33. The molecule has 1 heterocycles. The number of thiazole rings is 1. The molecule has 0 bridgehead atoms. The van der Waals surface area contributed by atoms with Crippen molar-refractivity contribution < 1.29 is 22.7 Å². The maximum absolute atomic E-state index is 12.6. The molecule has 0 fully saturated rings. The maximum atomic E-state index is 12.6. The smallest absolute Gasteiger partial charge is 0.417 e. The fourth-order valence-electron chi connectivity index (χ4n) is 1.44. The Labute approximate surface area is 110 Å². The van der Waals surface area contributed by atoms with Crippen molar-refractivity contribution in [3.63, 3.8) is 0 Å². The SMILES string of the molecule is O=[C]OCc1csc(-c2cccc(C(F)(F)F)c2)n1. The normalized spacial score (nSPS) is 11.3. The fraction of sp³-hybridized carbons (Fsp3) is 0.167. The average Bonchev–Trinajstić information content (AvgIpc) is 2.84. The summed E-state index contributed by atoms with van der Waals surface area (Å²) in [6, 6.07) is 4.91. The first-order chi connectivity index (χ1) is 9.00. The standard InChI is InChI=1S/C12H7F3NO2S/c13-12(14,15)9-3-1-2-8(4-9)11-16-10(6-19-11)5-18-7-17/h1-4,6H,5H2. The van der Waals surface area contributed by atoms with Crippen LogP contribution in [0.5, 0.6) is 0 Å². The zero-order valence-electron chi connectivity index (χ0n) is 9.40. The second kappa shape index (κ2) is 5.40. The minimum atomic E-state index is -4.38. The predicted octanol–water partition coefficient (Wildman–Crippen LogP) is 3.41. The molecule has 19 heavy (non-hydrogen) atoms. The van der Waals surface area contributed by atoms with E-state index >= 15 is 0 Å². The van der Waals surface area contributed by atoms with Crippen LogP contribution in [-0.4, -0.2) is 11.5 Å². The molecular formula is C12H7F3NO2S. The summed E-state index contributed by atoms with van der Waals surface area (Å²) in [4.78, 5) is 14.0. The van der Waals surface area contributed by atoms with Gasteiger partial charge in [0.2, 0.25) is 0 Å². The molecule has 0 N–H and O–H groups in total. The van der Waals surface area contributed by atoms with E-state index in [4.69, 9.17) is 0 Å². The number of carbonyl (C=O) groups excluding carboxylic acids is 1. The van der Waals surface area contributed by atoms with Crippen molar-refractivity contribution >= 4 is 17.8 Å². The molecule has 0 spiro atoms. The number of aromatic nitrogens is 1. The molecular weight excluding hydrogens is 279 g/mol. The Morgan fingerprint density at radius 1 is 1.37 bits per heavy atom. The largest absolute Gasteiger partial charge is 0.451 e. The molecule has 0 aliphatic heterocycles. The Hall–Kier alpha value is -1.89. The van der Waals surface area contributed by atoms with Crippen molar-refractivity contribution in [1.29, 1.82) is 0 Å². The van der Waals surface area contributed by atoms with E-state index < -0.39 is 11.7 Å². The summed E-state index contributed by atoms with van der Waals surface area (Å²) in [7, 11) is 0. The summed E-state index contributed by atoms with van der Waals surface area (Å²) < 4.78 is 42.1. The molecule has 7 heteroatoms. The Kier molecular flexibility index (Phi) is 3.84. The van der Waals surface area contributed by atoms with E-state index in [1.165, 1.54) is 23.9 Å². The van der Waals surface area contributed by atoms with Gasteiger partial charge in [0.15, 0.2) is 0 Å². The van der Waals surface area contributed by atoms with Crippen LogP contribution >= 0.6 is 11.3 Å². The van der Waals surface area contributed by atoms with Gasteiger partial charge in [-0.2, -0.15) is 13.2 Å². The minimum absolute atomic E-state index is 0.0427. The third-order valence-electron chi connectivity index (χ3n) is 2.27. The van der Waals surface area contributed by atoms with E-state index in [-0.39, 0.29) is 6.61 Å². The van der Waals surface area contributed by atoms with Crippen LogP contribution in [0.25, 0.3) is 10.6 Å². The van der Waals surface area contributed by atoms with Crippen LogP contribution < -0.4 is 0 Å². The highest BCUT2D eigenvalue weighted by atomic mass is 32.1. The molecule has 0 saturated heterocycles. The first-order valence-electron chi connectivity index (χ1n) is 5.11. The van der Waals surface area contributed by atoms with Gasteiger partial charge in [-0.05, 0) is 12.1 Å². The van der Waals surface area contributed by atoms with E-state index in [9.17, 15) is 18.0 Å². The summed E-state index contributed by atoms with van der Waals surface area (Å²) in [6.45, 7) is 1.22. The Balaban J connectivity index is 2.26. The third kappa shape index (κ3) is 3.31. The number of halogens is 3. The number of benzene rings is 1. The van der Waals surface area contributed by atoms with Crippen LogP contribution in [0.4, 0.5) is 13.2 Å². The van der Waals surface area contributed by atoms with Crippen LogP contribution in [0.1, 0.15) is 11.3 Å². The first kappa shape index (κ1) is 13.5. The van der Waals surface area contributed by atoms with Gasteiger partial charge in [0, 0.05) is 10.9 Å². The Morgan fingerprint density at radius 3 is 2.84 bits per heavy atom. The number of hydrogen-bond acceptors (Lipinski definition) is 4. The molecule has 99 valence electrons. The van der Waals surface area contributed by atoms with Gasteiger partial charge in [-0.3, -0.25) is 0 Å². The lowest BCUT2D eigenvalue weighted by molar-refractivity contribution is -0.137. The van der Waals surface area contributed by atoms with E-state index in [0.29, 0.717) is 16.3 Å². The molecule has 3 nitrogen and oxygen atoms in total. The first-order valence-corrected chi connectivity index (χ1v) is 5.99. The van der Waals surface area contributed by atoms with Gasteiger partial charge in [0.1, 0.15) is 11.6 Å². The van der Waals surface area contributed by atoms with Gasteiger partial charge in [0.05, 0.1) is 11.3 Å². The lowest BCUT2D eigenvalue weighted by Gasteiger charge is -2.07. The van der Waals surface area contributed by atoms with Gasteiger partial charge in [-0.1, -0.05) is 12.1 Å². The molecule has 1 aromatic heterocycles. The summed E-state index contributed by atoms with van der Waals surface area (Å²) in [5.74, 6) is 0. The molecule has 2 rings (SSSR count). The summed E-state index contributed by atoms with van der Waals surface area (Å²) >= 11 is 1.18. The van der Waals surface area contributed by atoms with Crippen LogP contribution in [0, 0.1) is 0 Å². The number of rotatable bonds is 4. The van der Waals surface area contributed by atoms with Gasteiger partial charge >= 0.3 is 12.6 Å². The second-order valence-electron chi connectivity index (χ2n) is 3.59. The Bertz CT molecular complexity index is 580. The summed E-state index contributed by atoms with van der Waals surface area (Å²) in [5.41, 5.74) is 0.126. The zero-order chi connectivity index (χ0) is 13.9. The van der Waals surface area contributed by atoms with Gasteiger partial charge < -0.3 is 4.74 Å². The van der Waals surface area contributed by atoms with Crippen LogP contribution in [-0.2, 0) is 22.3 Å². The number of ether oxygens (including phenoxy) is 1. The molecule has 0 aliphatic rings. The molecule has 1 aromatic carbocycles. The van der Waals surface area contributed by atoms with Crippen molar-refractivity contribution in [2.45, 2.75) is 12.8 Å². The highest BCUT2D eigenvalue weighted by molar-refractivity contribution is 7.13. The van der Waals surface area contributed by atoms with Crippen LogP contribution in [0.3, 0.4) is 0 Å². The molecule has 0 atom stereocenters. The van der Waals surface area contributed by atoms with Gasteiger partial charge in [-0.15, -0.1) is 11.3 Å². The Morgan fingerprint density at radius 2 is 2.16 bits per heavy atom. The maximum Gasteiger partial charge on any atom is 0.417 e. The number of alkyl halides is 3. The van der Waals surface area contributed by atoms with E-state index in [1.54, 1.807) is 11.4 Å². The predicted molar refractivity (Wildman–Crippen MR) is 63.0 cm³/mol. The average molecular weight is 286 g/mol. The molecule has 0 unspecified atom stereocenters. The molecule has 0 aliphatic carbocycles. The van der Waals surface area contributed by atoms with Crippen LogP contribution in [0.2, 0.25) is 0 Å². The lowest BCUT2D eigenvalue weighted by Crippen LogP contribution is -2.04. The second-order valence-corrected chi connectivity index (χ2v) is 4.45. The number of hydrogen-bond donors (Lipinski definition) is 0. The quantitative estimate of drug-likeness (QED) is 0.864. The van der Waals surface area contributed by atoms with Crippen molar-refractivity contribution in [1.82, 2.24) is 4.98 Å². The monoisotopic (exact) mass is 286 g/mol. The fourth-order valence-corrected chi connectivity index (χ4v) is 2.24.